The van der Waals surface area contributed by atoms with Crippen LogP contribution in [0.1, 0.15) is 33.1 Å². The standard InChI is InChI=1S/C12H26N2O/c1-10(2)14-8-4-5-11(9-14)12(15-3)6-7-13/h10-12H,4-9,13H2,1-3H3. The van der Waals surface area contributed by atoms with Gasteiger partial charge in [0.25, 0.3) is 0 Å². The molecule has 0 amide bonds. The third-order valence-electron chi connectivity index (χ3n) is 3.50. The Morgan fingerprint density at radius 3 is 2.73 bits per heavy atom. The molecule has 0 aromatic rings. The summed E-state index contributed by atoms with van der Waals surface area (Å²) >= 11 is 0. The molecule has 3 heteroatoms. The Morgan fingerprint density at radius 1 is 1.47 bits per heavy atom. The normalized spacial score (nSPS) is 25.8. The number of nitrogens with two attached hydrogens (primary N) is 1. The molecule has 0 bridgehead atoms. The number of likely N-dealkylation sites (tertiary alicyclic amines) is 1. The average Bonchev–Trinajstić information content (AvgIpc) is 2.26. The van der Waals surface area contributed by atoms with Gasteiger partial charge in [-0.2, -0.15) is 0 Å². The highest BCUT2D eigenvalue weighted by atomic mass is 16.5. The monoisotopic (exact) mass is 214 g/mol. The maximum Gasteiger partial charge on any atom is 0.0623 e. The van der Waals surface area contributed by atoms with Gasteiger partial charge in [-0.25, -0.2) is 0 Å². The fraction of sp³-hybridized carbons (Fsp3) is 1.00. The van der Waals surface area contributed by atoms with Crippen molar-refractivity contribution in [2.75, 3.05) is 26.7 Å². The summed E-state index contributed by atoms with van der Waals surface area (Å²) in [6.07, 6.45) is 3.94. The van der Waals surface area contributed by atoms with Crippen LogP contribution in [-0.2, 0) is 4.74 Å². The van der Waals surface area contributed by atoms with Crippen LogP contribution in [0.4, 0.5) is 0 Å². The predicted molar refractivity (Wildman–Crippen MR) is 63.9 cm³/mol. The first-order chi connectivity index (χ1) is 7.19. The maximum absolute atomic E-state index is 5.61. The quantitative estimate of drug-likeness (QED) is 0.753. The van der Waals surface area contributed by atoms with Crippen molar-refractivity contribution in [2.24, 2.45) is 11.7 Å². The molecule has 0 aliphatic carbocycles. The Bertz CT molecular complexity index is 173. The molecule has 2 atom stereocenters. The van der Waals surface area contributed by atoms with Gasteiger partial charge in [-0.3, -0.25) is 0 Å². The predicted octanol–water partition coefficient (Wildman–Crippen LogP) is 1.47. The summed E-state index contributed by atoms with van der Waals surface area (Å²) in [6, 6.07) is 0.656. The third-order valence-corrected chi connectivity index (χ3v) is 3.50. The third kappa shape index (κ3) is 3.74. The average molecular weight is 214 g/mol. The molecular weight excluding hydrogens is 188 g/mol. The van der Waals surface area contributed by atoms with Crippen LogP contribution in [-0.4, -0.2) is 43.8 Å². The minimum absolute atomic E-state index is 0.358. The molecule has 0 aromatic heterocycles. The number of rotatable bonds is 5. The zero-order chi connectivity index (χ0) is 11.3. The van der Waals surface area contributed by atoms with Crippen molar-refractivity contribution >= 4 is 0 Å². The fourth-order valence-electron chi connectivity index (χ4n) is 2.52. The largest absolute Gasteiger partial charge is 0.381 e. The van der Waals surface area contributed by atoms with Crippen LogP contribution in [0, 0.1) is 5.92 Å². The van der Waals surface area contributed by atoms with Crippen LogP contribution in [0.25, 0.3) is 0 Å². The van der Waals surface area contributed by atoms with Crippen molar-refractivity contribution in [2.45, 2.75) is 45.3 Å². The molecule has 2 N–H and O–H groups in total. The van der Waals surface area contributed by atoms with Gasteiger partial charge in [0, 0.05) is 19.7 Å². The van der Waals surface area contributed by atoms with Gasteiger partial charge in [0.15, 0.2) is 0 Å². The lowest BCUT2D eigenvalue weighted by molar-refractivity contribution is 0.00548. The molecule has 0 saturated carbocycles. The second kappa shape index (κ2) is 6.46. The molecule has 1 fully saturated rings. The lowest BCUT2D eigenvalue weighted by Gasteiger charge is -2.38. The van der Waals surface area contributed by atoms with E-state index in [4.69, 9.17) is 10.5 Å². The zero-order valence-corrected chi connectivity index (χ0v) is 10.4. The van der Waals surface area contributed by atoms with Gasteiger partial charge in [-0.05, 0) is 52.1 Å². The minimum atomic E-state index is 0.358. The topological polar surface area (TPSA) is 38.5 Å². The van der Waals surface area contributed by atoms with Crippen molar-refractivity contribution in [1.82, 2.24) is 4.90 Å². The van der Waals surface area contributed by atoms with Gasteiger partial charge in [0.05, 0.1) is 6.10 Å². The van der Waals surface area contributed by atoms with Crippen LogP contribution < -0.4 is 5.73 Å². The van der Waals surface area contributed by atoms with Crippen molar-refractivity contribution < 1.29 is 4.74 Å². The molecule has 2 unspecified atom stereocenters. The van der Waals surface area contributed by atoms with E-state index in [1.165, 1.54) is 25.9 Å². The number of ether oxygens (including phenoxy) is 1. The van der Waals surface area contributed by atoms with E-state index >= 15 is 0 Å². The highest BCUT2D eigenvalue weighted by Gasteiger charge is 2.27. The Kier molecular flexibility index (Phi) is 5.58. The summed E-state index contributed by atoms with van der Waals surface area (Å²) in [5.41, 5.74) is 5.61. The first-order valence-corrected chi connectivity index (χ1v) is 6.16. The van der Waals surface area contributed by atoms with E-state index in [-0.39, 0.29) is 0 Å². The smallest absolute Gasteiger partial charge is 0.0623 e. The molecule has 90 valence electrons. The molecule has 0 spiro atoms. The van der Waals surface area contributed by atoms with Crippen molar-refractivity contribution in [3.63, 3.8) is 0 Å². The van der Waals surface area contributed by atoms with Crippen LogP contribution >= 0.6 is 0 Å². The minimum Gasteiger partial charge on any atom is -0.381 e. The van der Waals surface area contributed by atoms with Crippen LogP contribution in [0.3, 0.4) is 0 Å². The number of piperidine rings is 1. The van der Waals surface area contributed by atoms with Crippen molar-refractivity contribution in [3.8, 4) is 0 Å². The zero-order valence-electron chi connectivity index (χ0n) is 10.4. The summed E-state index contributed by atoms with van der Waals surface area (Å²) in [5, 5.41) is 0. The number of nitrogens with zero attached hydrogens (tertiary/aromatic N) is 1. The van der Waals surface area contributed by atoms with E-state index in [1.807, 2.05) is 7.11 Å². The van der Waals surface area contributed by atoms with Crippen molar-refractivity contribution in [1.29, 1.82) is 0 Å². The van der Waals surface area contributed by atoms with Gasteiger partial charge in [-0.15, -0.1) is 0 Å². The fourth-order valence-corrected chi connectivity index (χ4v) is 2.52. The van der Waals surface area contributed by atoms with E-state index in [2.05, 4.69) is 18.7 Å². The summed E-state index contributed by atoms with van der Waals surface area (Å²) in [6.45, 7) is 7.69. The molecule has 1 aliphatic heterocycles. The number of hydrogen-bond acceptors (Lipinski definition) is 3. The summed E-state index contributed by atoms with van der Waals surface area (Å²) in [7, 11) is 1.81. The second-order valence-corrected chi connectivity index (χ2v) is 4.84. The molecule has 0 aromatic carbocycles. The molecule has 0 radical (unpaired) electrons. The first kappa shape index (κ1) is 12.9. The van der Waals surface area contributed by atoms with Gasteiger partial charge >= 0.3 is 0 Å². The SMILES string of the molecule is COC(CCN)C1CCCN(C(C)C)C1. The lowest BCUT2D eigenvalue weighted by Crippen LogP contribution is -2.44. The van der Waals surface area contributed by atoms with E-state index in [1.54, 1.807) is 0 Å². The molecule has 1 aliphatic rings. The van der Waals surface area contributed by atoms with Crippen LogP contribution in [0.2, 0.25) is 0 Å². The highest BCUT2D eigenvalue weighted by molar-refractivity contribution is 4.80. The summed E-state index contributed by atoms with van der Waals surface area (Å²) < 4.78 is 5.55. The highest BCUT2D eigenvalue weighted by Crippen LogP contribution is 2.24. The Labute approximate surface area is 94.0 Å². The molecular formula is C12H26N2O. The molecule has 15 heavy (non-hydrogen) atoms. The van der Waals surface area contributed by atoms with Crippen LogP contribution in [0.5, 0.6) is 0 Å². The Morgan fingerprint density at radius 2 is 2.20 bits per heavy atom. The Hall–Kier alpha value is -0.120. The van der Waals surface area contributed by atoms with Crippen LogP contribution in [0.15, 0.2) is 0 Å². The molecule has 1 rings (SSSR count). The maximum atomic E-state index is 5.61. The lowest BCUT2D eigenvalue weighted by atomic mass is 9.90. The van der Waals surface area contributed by atoms with E-state index in [0.29, 0.717) is 18.1 Å². The van der Waals surface area contributed by atoms with Gasteiger partial charge in [0.1, 0.15) is 0 Å². The molecule has 3 nitrogen and oxygen atoms in total. The second-order valence-electron chi connectivity index (χ2n) is 4.84. The Balaban J connectivity index is 2.46. The molecule has 1 saturated heterocycles. The van der Waals surface area contributed by atoms with Gasteiger partial charge < -0.3 is 15.4 Å². The number of methoxy groups -OCH3 is 1. The van der Waals surface area contributed by atoms with E-state index < -0.39 is 0 Å². The summed E-state index contributed by atoms with van der Waals surface area (Å²) in [4.78, 5) is 2.55. The van der Waals surface area contributed by atoms with Gasteiger partial charge in [-0.1, -0.05) is 0 Å². The van der Waals surface area contributed by atoms with E-state index in [9.17, 15) is 0 Å². The first-order valence-electron chi connectivity index (χ1n) is 6.16. The number of hydrogen-bond donors (Lipinski definition) is 1. The van der Waals surface area contributed by atoms with Gasteiger partial charge in [0.2, 0.25) is 0 Å². The van der Waals surface area contributed by atoms with E-state index in [0.717, 1.165) is 13.0 Å². The van der Waals surface area contributed by atoms with Crippen molar-refractivity contribution in [3.05, 3.63) is 0 Å². The molecule has 1 heterocycles. The summed E-state index contributed by atoms with van der Waals surface area (Å²) in [5.74, 6) is 0.676.